The van der Waals surface area contributed by atoms with Crippen LogP contribution in [0.4, 0.5) is 0 Å². The predicted molar refractivity (Wildman–Crippen MR) is 60.1 cm³/mol. The second-order valence-corrected chi connectivity index (χ2v) is 5.01. The molecule has 2 aromatic rings. The highest BCUT2D eigenvalue weighted by atomic mass is 32.2. The molecule has 1 aromatic heterocycles. The number of H-pyrrole nitrogens is 1. The highest BCUT2D eigenvalue weighted by Gasteiger charge is 2.21. The van der Waals surface area contributed by atoms with E-state index in [0.29, 0.717) is 5.75 Å². The summed E-state index contributed by atoms with van der Waals surface area (Å²) in [4.78, 5) is 3.56. The number of hydrogen-bond acceptors (Lipinski definition) is 5. The van der Waals surface area contributed by atoms with E-state index in [9.17, 15) is 8.42 Å². The topological polar surface area (TPSA) is 84.9 Å². The van der Waals surface area contributed by atoms with E-state index < -0.39 is 10.1 Å². The summed E-state index contributed by atoms with van der Waals surface area (Å²) in [7, 11) is -3.94. The van der Waals surface area contributed by atoms with Crippen molar-refractivity contribution in [1.82, 2.24) is 15.2 Å². The van der Waals surface area contributed by atoms with Crippen molar-refractivity contribution < 1.29 is 12.6 Å². The van der Waals surface area contributed by atoms with E-state index in [2.05, 4.69) is 15.2 Å². The molecule has 0 aliphatic heterocycles. The molecule has 0 saturated carbocycles. The number of nitrogens with one attached hydrogen (secondary N) is 1. The van der Waals surface area contributed by atoms with Gasteiger partial charge in [0, 0.05) is 0 Å². The molecule has 0 atom stereocenters. The zero-order chi connectivity index (χ0) is 12.5. The number of para-hydroxylation sites is 1. The summed E-state index contributed by atoms with van der Waals surface area (Å²) in [6.07, 6.45) is 1.11. The first kappa shape index (κ1) is 11.6. The van der Waals surface area contributed by atoms with Gasteiger partial charge in [0.15, 0.2) is 0 Å². The third-order valence-electron chi connectivity index (χ3n) is 2.23. The van der Waals surface area contributed by atoms with E-state index >= 15 is 0 Å². The number of rotatable bonds is 3. The lowest BCUT2D eigenvalue weighted by molar-refractivity contribution is 0.474. The van der Waals surface area contributed by atoms with E-state index in [1.807, 2.05) is 6.07 Å². The first-order valence-electron chi connectivity index (χ1n) is 4.87. The normalized spacial score (nSPS) is 11.4. The van der Waals surface area contributed by atoms with E-state index in [1.165, 1.54) is 0 Å². The van der Waals surface area contributed by atoms with Gasteiger partial charge < -0.3 is 4.18 Å². The van der Waals surface area contributed by atoms with E-state index in [4.69, 9.17) is 4.18 Å². The van der Waals surface area contributed by atoms with Crippen LogP contribution in [0.5, 0.6) is 5.75 Å². The molecule has 0 amide bonds. The van der Waals surface area contributed by atoms with Crippen molar-refractivity contribution in [3.05, 3.63) is 35.7 Å². The number of aromatic amines is 1. The lowest BCUT2D eigenvalue weighted by atomic mass is 10.1. The maximum absolute atomic E-state index is 11.8. The second kappa shape index (κ2) is 4.17. The molecule has 0 fully saturated rings. The molecular formula is C10H11N3O3S. The van der Waals surface area contributed by atoms with E-state index in [0.717, 1.165) is 17.5 Å². The third kappa shape index (κ3) is 2.28. The van der Waals surface area contributed by atoms with Gasteiger partial charge in [0.25, 0.3) is 5.16 Å². The van der Waals surface area contributed by atoms with Gasteiger partial charge in [0.05, 0.1) is 0 Å². The largest absolute Gasteiger partial charge is 0.376 e. The van der Waals surface area contributed by atoms with Crippen LogP contribution in [0.3, 0.4) is 0 Å². The zero-order valence-corrected chi connectivity index (χ0v) is 10.2. The quantitative estimate of drug-likeness (QED) is 0.830. The second-order valence-electron chi connectivity index (χ2n) is 3.55. The minimum absolute atomic E-state index is 0.305. The summed E-state index contributed by atoms with van der Waals surface area (Å²) in [5.74, 6) is 0.323. The minimum atomic E-state index is -3.94. The van der Waals surface area contributed by atoms with Gasteiger partial charge in [0.1, 0.15) is 12.1 Å². The molecule has 0 spiro atoms. The lowest BCUT2D eigenvalue weighted by Crippen LogP contribution is -2.13. The molecule has 17 heavy (non-hydrogen) atoms. The Bertz CT molecular complexity index is 600. The Morgan fingerprint density at radius 3 is 2.41 bits per heavy atom. The maximum Gasteiger partial charge on any atom is 0.374 e. The summed E-state index contributed by atoms with van der Waals surface area (Å²) < 4.78 is 28.7. The Balaban J connectivity index is 2.40. The fourth-order valence-corrected chi connectivity index (χ4v) is 2.30. The number of nitrogens with zero attached hydrogens (tertiary/aromatic N) is 2. The van der Waals surface area contributed by atoms with Crippen molar-refractivity contribution in [2.24, 2.45) is 0 Å². The fourth-order valence-electron chi connectivity index (χ4n) is 1.39. The maximum atomic E-state index is 11.8. The first-order valence-corrected chi connectivity index (χ1v) is 6.27. The Kier molecular flexibility index (Phi) is 2.84. The SMILES string of the molecule is Cc1cccc(C)c1OS(=O)(=O)c1ncn[nH]1. The van der Waals surface area contributed by atoms with Gasteiger partial charge in [-0.1, -0.05) is 18.2 Å². The third-order valence-corrected chi connectivity index (χ3v) is 3.29. The van der Waals surface area contributed by atoms with Crippen LogP contribution in [0.1, 0.15) is 11.1 Å². The number of benzene rings is 1. The van der Waals surface area contributed by atoms with Crippen LogP contribution in [0.2, 0.25) is 0 Å². The average molecular weight is 253 g/mol. The molecule has 0 aliphatic rings. The van der Waals surface area contributed by atoms with Crippen LogP contribution in [0.15, 0.2) is 29.7 Å². The predicted octanol–water partition coefficient (Wildman–Crippen LogP) is 1.19. The molecule has 7 heteroatoms. The number of aromatic nitrogens is 3. The van der Waals surface area contributed by atoms with Gasteiger partial charge >= 0.3 is 10.1 Å². The summed E-state index contributed by atoms with van der Waals surface area (Å²) >= 11 is 0. The standard InChI is InChI=1S/C10H11N3O3S/c1-7-4-3-5-8(2)9(7)16-17(14,15)10-11-6-12-13-10/h3-6H,1-2H3,(H,11,12,13). The van der Waals surface area contributed by atoms with Gasteiger partial charge in [-0.2, -0.15) is 13.5 Å². The Hall–Kier alpha value is -1.89. The summed E-state index contributed by atoms with van der Waals surface area (Å²) in [6, 6.07) is 5.38. The van der Waals surface area contributed by atoms with Crippen LogP contribution >= 0.6 is 0 Å². The van der Waals surface area contributed by atoms with Crippen LogP contribution in [0.25, 0.3) is 0 Å². The Morgan fingerprint density at radius 2 is 1.88 bits per heavy atom. The molecule has 1 aromatic carbocycles. The smallest absolute Gasteiger partial charge is 0.374 e. The number of aryl methyl sites for hydroxylation is 2. The number of hydrogen-bond donors (Lipinski definition) is 1. The van der Waals surface area contributed by atoms with Crippen LogP contribution in [-0.4, -0.2) is 23.6 Å². The van der Waals surface area contributed by atoms with Crippen molar-refractivity contribution >= 4 is 10.1 Å². The van der Waals surface area contributed by atoms with E-state index in [1.54, 1.807) is 26.0 Å². The molecule has 1 heterocycles. The Labute approximate surface area is 98.8 Å². The molecule has 6 nitrogen and oxygen atoms in total. The Morgan fingerprint density at radius 1 is 1.24 bits per heavy atom. The molecule has 1 N–H and O–H groups in total. The van der Waals surface area contributed by atoms with Gasteiger partial charge in [0.2, 0.25) is 0 Å². The summed E-state index contributed by atoms with van der Waals surface area (Å²) in [5.41, 5.74) is 1.49. The fraction of sp³-hybridized carbons (Fsp3) is 0.200. The van der Waals surface area contributed by atoms with Gasteiger partial charge in [-0.05, 0) is 25.0 Å². The van der Waals surface area contributed by atoms with Crippen molar-refractivity contribution in [2.45, 2.75) is 19.0 Å². The molecule has 90 valence electrons. The van der Waals surface area contributed by atoms with Gasteiger partial charge in [-0.15, -0.1) is 0 Å². The van der Waals surface area contributed by atoms with Gasteiger partial charge in [-0.25, -0.2) is 10.1 Å². The van der Waals surface area contributed by atoms with Gasteiger partial charge in [-0.3, -0.25) is 0 Å². The van der Waals surface area contributed by atoms with Crippen LogP contribution in [-0.2, 0) is 10.1 Å². The minimum Gasteiger partial charge on any atom is -0.376 e. The molecule has 2 rings (SSSR count). The summed E-state index contributed by atoms with van der Waals surface area (Å²) in [6.45, 7) is 3.55. The highest BCUT2D eigenvalue weighted by Crippen LogP contribution is 2.25. The molecule has 0 aliphatic carbocycles. The molecule has 0 unspecified atom stereocenters. The molecule has 0 saturated heterocycles. The highest BCUT2D eigenvalue weighted by molar-refractivity contribution is 7.86. The van der Waals surface area contributed by atoms with Crippen molar-refractivity contribution in [1.29, 1.82) is 0 Å². The lowest BCUT2D eigenvalue weighted by Gasteiger charge is -2.09. The summed E-state index contributed by atoms with van der Waals surface area (Å²) in [5, 5.41) is 5.44. The monoisotopic (exact) mass is 253 g/mol. The molecule has 0 radical (unpaired) electrons. The first-order chi connectivity index (χ1) is 8.00. The van der Waals surface area contributed by atoms with Crippen LogP contribution in [0, 0.1) is 13.8 Å². The van der Waals surface area contributed by atoms with Crippen LogP contribution < -0.4 is 4.18 Å². The molecule has 0 bridgehead atoms. The van der Waals surface area contributed by atoms with Crippen molar-refractivity contribution in [2.75, 3.05) is 0 Å². The van der Waals surface area contributed by atoms with Crippen molar-refractivity contribution in [3.63, 3.8) is 0 Å². The zero-order valence-electron chi connectivity index (χ0n) is 9.34. The average Bonchev–Trinajstić information content (AvgIpc) is 2.77. The molecular weight excluding hydrogens is 242 g/mol. The van der Waals surface area contributed by atoms with E-state index in [-0.39, 0.29) is 5.16 Å². The van der Waals surface area contributed by atoms with Crippen molar-refractivity contribution in [3.8, 4) is 5.75 Å².